The van der Waals surface area contributed by atoms with Gasteiger partial charge in [-0.25, -0.2) is 9.97 Å². The Morgan fingerprint density at radius 1 is 0.407 bits per heavy atom. The lowest BCUT2D eigenvalue weighted by Gasteiger charge is -2.21. The third kappa shape index (κ3) is 5.23. The zero-order valence-corrected chi connectivity index (χ0v) is 32.6. The number of furan rings is 1. The molecule has 0 aliphatic heterocycles. The van der Waals surface area contributed by atoms with Crippen LogP contribution in [0.25, 0.3) is 106 Å². The summed E-state index contributed by atoms with van der Waals surface area (Å²) in [5.41, 5.74) is 17.6. The smallest absolute Gasteiger partial charge is 0.160 e. The van der Waals surface area contributed by atoms with Gasteiger partial charge in [0, 0.05) is 49.3 Å². The molecule has 0 saturated heterocycles. The quantitative estimate of drug-likeness (QED) is 0.176. The highest BCUT2D eigenvalue weighted by molar-refractivity contribution is 6.13. The maximum atomic E-state index is 6.61. The summed E-state index contributed by atoms with van der Waals surface area (Å²) < 4.78 is 9.02. The zero-order valence-electron chi connectivity index (χ0n) is 32.6. The van der Waals surface area contributed by atoms with Crippen LogP contribution in [0.1, 0.15) is 25.0 Å². The summed E-state index contributed by atoms with van der Waals surface area (Å²) in [6.07, 6.45) is 0. The molecule has 0 atom stereocenters. The standard InChI is InChI=1S/C55H37N3O/c1-55(2)46-31-51-43(40-20-12-13-21-50(40)58(51)39-18-10-5-11-19-39)29-41(46)42-30-45-44-28-38(26-27-52(44)59-53(45)32-47(42)55)34-22-24-36(25-23-34)49-33-48(35-14-6-3-7-15-35)56-54(57-49)37-16-8-4-9-17-37/h3-33H,1-2H3. The second kappa shape index (κ2) is 12.7. The average Bonchev–Trinajstić information content (AvgIpc) is 3.90. The number of hydrogen-bond donors (Lipinski definition) is 0. The van der Waals surface area contributed by atoms with E-state index in [0.717, 1.165) is 61.1 Å². The van der Waals surface area contributed by atoms with Gasteiger partial charge < -0.3 is 8.98 Å². The van der Waals surface area contributed by atoms with Crippen LogP contribution in [0, 0.1) is 0 Å². The number of rotatable bonds is 5. The Morgan fingerprint density at radius 2 is 0.966 bits per heavy atom. The average molecular weight is 756 g/mol. The van der Waals surface area contributed by atoms with Gasteiger partial charge in [-0.3, -0.25) is 0 Å². The van der Waals surface area contributed by atoms with Crippen molar-refractivity contribution >= 4 is 43.7 Å². The van der Waals surface area contributed by atoms with E-state index in [1.807, 2.05) is 36.4 Å². The molecular formula is C55H37N3O. The largest absolute Gasteiger partial charge is 0.456 e. The Labute approximate surface area is 341 Å². The number of fused-ring (bicyclic) bond motifs is 9. The molecule has 11 aromatic rings. The van der Waals surface area contributed by atoms with E-state index >= 15 is 0 Å². The molecule has 4 nitrogen and oxygen atoms in total. The molecule has 0 fully saturated rings. The molecule has 0 bridgehead atoms. The van der Waals surface area contributed by atoms with E-state index < -0.39 is 0 Å². The molecule has 3 aromatic heterocycles. The first-order valence-electron chi connectivity index (χ1n) is 20.2. The Bertz CT molecular complexity index is 3380. The molecule has 12 rings (SSSR count). The molecular weight excluding hydrogens is 719 g/mol. The fourth-order valence-corrected chi connectivity index (χ4v) is 9.40. The predicted molar refractivity (Wildman–Crippen MR) is 243 cm³/mol. The Hall–Kier alpha value is -7.56. The van der Waals surface area contributed by atoms with Crippen LogP contribution >= 0.6 is 0 Å². The highest BCUT2D eigenvalue weighted by Crippen LogP contribution is 2.53. The molecule has 3 heterocycles. The van der Waals surface area contributed by atoms with Gasteiger partial charge in [-0.2, -0.15) is 0 Å². The summed E-state index contributed by atoms with van der Waals surface area (Å²) in [5, 5.41) is 4.78. The predicted octanol–water partition coefficient (Wildman–Crippen LogP) is 14.4. The second-order valence-corrected chi connectivity index (χ2v) is 16.2. The van der Waals surface area contributed by atoms with Gasteiger partial charge >= 0.3 is 0 Å². The molecule has 0 spiro atoms. The minimum Gasteiger partial charge on any atom is -0.456 e. The summed E-state index contributed by atoms with van der Waals surface area (Å²) in [6, 6.07) is 66.9. The number of hydrogen-bond acceptors (Lipinski definition) is 3. The fraction of sp³-hybridized carbons (Fsp3) is 0.0545. The van der Waals surface area contributed by atoms with Crippen molar-refractivity contribution in [2.24, 2.45) is 0 Å². The van der Waals surface area contributed by atoms with Gasteiger partial charge in [0.15, 0.2) is 5.82 Å². The van der Waals surface area contributed by atoms with Crippen molar-refractivity contribution < 1.29 is 4.42 Å². The molecule has 59 heavy (non-hydrogen) atoms. The number of nitrogens with zero attached hydrogens (tertiary/aromatic N) is 3. The highest BCUT2D eigenvalue weighted by Gasteiger charge is 2.37. The van der Waals surface area contributed by atoms with Crippen molar-refractivity contribution in [3.8, 4) is 61.8 Å². The first kappa shape index (κ1) is 33.6. The van der Waals surface area contributed by atoms with E-state index in [1.54, 1.807) is 0 Å². The van der Waals surface area contributed by atoms with Crippen LogP contribution in [0.5, 0.6) is 0 Å². The fourth-order valence-electron chi connectivity index (χ4n) is 9.40. The van der Waals surface area contributed by atoms with Gasteiger partial charge in [-0.1, -0.05) is 141 Å². The van der Waals surface area contributed by atoms with E-state index in [2.05, 4.69) is 170 Å². The summed E-state index contributed by atoms with van der Waals surface area (Å²) in [4.78, 5) is 10.0. The second-order valence-electron chi connectivity index (χ2n) is 16.2. The molecule has 0 saturated carbocycles. The van der Waals surface area contributed by atoms with Gasteiger partial charge in [-0.05, 0) is 94.0 Å². The monoisotopic (exact) mass is 755 g/mol. The minimum absolute atomic E-state index is 0.204. The lowest BCUT2D eigenvalue weighted by atomic mass is 9.82. The maximum Gasteiger partial charge on any atom is 0.160 e. The van der Waals surface area contributed by atoms with E-state index in [0.29, 0.717) is 5.82 Å². The molecule has 4 heteroatoms. The van der Waals surface area contributed by atoms with Gasteiger partial charge in [0.25, 0.3) is 0 Å². The molecule has 0 radical (unpaired) electrons. The van der Waals surface area contributed by atoms with E-state index in [-0.39, 0.29) is 5.41 Å². The van der Waals surface area contributed by atoms with Crippen molar-refractivity contribution in [2.45, 2.75) is 19.3 Å². The minimum atomic E-state index is -0.204. The highest BCUT2D eigenvalue weighted by atomic mass is 16.3. The molecule has 278 valence electrons. The van der Waals surface area contributed by atoms with Crippen LogP contribution in [-0.4, -0.2) is 14.5 Å². The van der Waals surface area contributed by atoms with Crippen molar-refractivity contribution in [1.82, 2.24) is 14.5 Å². The molecule has 1 aliphatic rings. The van der Waals surface area contributed by atoms with Crippen molar-refractivity contribution in [2.75, 3.05) is 0 Å². The third-order valence-electron chi connectivity index (χ3n) is 12.4. The lowest BCUT2D eigenvalue weighted by Crippen LogP contribution is -2.15. The summed E-state index contributed by atoms with van der Waals surface area (Å²) in [6.45, 7) is 4.70. The van der Waals surface area contributed by atoms with Crippen LogP contribution in [0.15, 0.2) is 192 Å². The summed E-state index contributed by atoms with van der Waals surface area (Å²) >= 11 is 0. The molecule has 1 aliphatic carbocycles. The lowest BCUT2D eigenvalue weighted by molar-refractivity contribution is 0.647. The van der Waals surface area contributed by atoms with Crippen LogP contribution in [0.3, 0.4) is 0 Å². The van der Waals surface area contributed by atoms with Gasteiger partial charge in [0.1, 0.15) is 11.2 Å². The van der Waals surface area contributed by atoms with E-state index in [4.69, 9.17) is 14.4 Å². The number of benzene rings is 8. The first-order valence-corrected chi connectivity index (χ1v) is 20.2. The Kier molecular flexibility index (Phi) is 7.24. The van der Waals surface area contributed by atoms with E-state index in [1.165, 1.54) is 49.7 Å². The maximum absolute atomic E-state index is 6.61. The van der Waals surface area contributed by atoms with Gasteiger partial charge in [-0.15, -0.1) is 0 Å². The van der Waals surface area contributed by atoms with Gasteiger partial charge in [0.05, 0.1) is 22.4 Å². The summed E-state index contributed by atoms with van der Waals surface area (Å²) in [7, 11) is 0. The van der Waals surface area contributed by atoms with Crippen LogP contribution in [-0.2, 0) is 5.41 Å². The number of aromatic nitrogens is 3. The molecule has 0 amide bonds. The summed E-state index contributed by atoms with van der Waals surface area (Å²) in [5.74, 6) is 0.712. The molecule has 0 unspecified atom stereocenters. The SMILES string of the molecule is CC1(C)c2cc3oc4ccc(-c5ccc(-c6cc(-c7ccccc7)nc(-c7ccccc7)n6)cc5)cc4c3cc2-c2cc3c4ccccc4n(-c4ccccc4)c3cc21. The first-order chi connectivity index (χ1) is 29.0. The van der Waals surface area contributed by atoms with Crippen LogP contribution in [0.2, 0.25) is 0 Å². The van der Waals surface area contributed by atoms with Crippen molar-refractivity contribution in [3.63, 3.8) is 0 Å². The topological polar surface area (TPSA) is 43.9 Å². The normalized spacial score (nSPS) is 13.1. The molecule has 0 N–H and O–H groups in total. The van der Waals surface area contributed by atoms with E-state index in [9.17, 15) is 0 Å². The third-order valence-corrected chi connectivity index (χ3v) is 12.4. The van der Waals surface area contributed by atoms with Crippen LogP contribution < -0.4 is 0 Å². The Balaban J connectivity index is 0.955. The number of para-hydroxylation sites is 2. The van der Waals surface area contributed by atoms with Crippen molar-refractivity contribution in [3.05, 3.63) is 199 Å². The van der Waals surface area contributed by atoms with Crippen molar-refractivity contribution in [1.29, 1.82) is 0 Å². The zero-order chi connectivity index (χ0) is 39.2. The van der Waals surface area contributed by atoms with Crippen LogP contribution in [0.4, 0.5) is 0 Å². The molecule has 8 aromatic carbocycles. The Morgan fingerprint density at radius 3 is 1.69 bits per heavy atom. The van der Waals surface area contributed by atoms with Gasteiger partial charge in [0.2, 0.25) is 0 Å².